The molecule has 2 heterocycles. The van der Waals surface area contributed by atoms with Gasteiger partial charge in [-0.2, -0.15) is 0 Å². The minimum atomic E-state index is -0.445. The Bertz CT molecular complexity index is 288. The number of alkyl carbamates (subject to hydrolysis) is 1. The zero-order valence-electron chi connectivity index (χ0n) is 9.29. The Morgan fingerprint density at radius 2 is 1.69 bits per heavy atom. The normalized spacial score (nSPS) is 31.4. The second-order valence-electron chi connectivity index (χ2n) is 5.03. The van der Waals surface area contributed by atoms with E-state index in [-0.39, 0.29) is 11.9 Å². The van der Waals surface area contributed by atoms with Gasteiger partial charge in [0.2, 0.25) is 0 Å². The number of hydrogen-bond donors (Lipinski definition) is 1. The number of rotatable bonds is 0. The largest absolute Gasteiger partial charge is 0.447 e. The Balaban J connectivity index is 1.65. The van der Waals surface area contributed by atoms with E-state index in [0.29, 0.717) is 19.8 Å². The molecule has 90 valence electrons. The zero-order chi connectivity index (χ0) is 11.1. The highest BCUT2D eigenvalue weighted by Crippen LogP contribution is 2.37. The first-order valence-corrected chi connectivity index (χ1v) is 5.95. The molecule has 3 aliphatic rings. The van der Waals surface area contributed by atoms with Crippen LogP contribution >= 0.6 is 0 Å². The second kappa shape index (κ2) is 3.60. The fourth-order valence-electron chi connectivity index (χ4n) is 2.65. The van der Waals surface area contributed by atoms with Crippen molar-refractivity contribution in [3.63, 3.8) is 0 Å². The van der Waals surface area contributed by atoms with Gasteiger partial charge in [0.1, 0.15) is 12.1 Å². The molecular weight excluding hydrogens is 210 g/mol. The van der Waals surface area contributed by atoms with Crippen LogP contribution in [0.25, 0.3) is 0 Å². The third-order valence-electron chi connectivity index (χ3n) is 3.69. The van der Waals surface area contributed by atoms with Crippen molar-refractivity contribution in [2.45, 2.75) is 43.4 Å². The monoisotopic (exact) mass is 227 g/mol. The van der Waals surface area contributed by atoms with Crippen molar-refractivity contribution >= 4 is 6.09 Å². The molecule has 1 aliphatic carbocycles. The van der Waals surface area contributed by atoms with Crippen molar-refractivity contribution < 1.29 is 19.0 Å². The molecule has 0 unspecified atom stereocenters. The van der Waals surface area contributed by atoms with Crippen molar-refractivity contribution in [2.75, 3.05) is 19.8 Å². The first kappa shape index (κ1) is 10.4. The van der Waals surface area contributed by atoms with E-state index in [1.54, 1.807) is 0 Å². The van der Waals surface area contributed by atoms with Crippen molar-refractivity contribution in [1.82, 2.24) is 5.32 Å². The van der Waals surface area contributed by atoms with E-state index in [1.165, 1.54) is 6.42 Å². The molecule has 2 spiro atoms. The van der Waals surface area contributed by atoms with E-state index >= 15 is 0 Å². The first-order valence-electron chi connectivity index (χ1n) is 5.95. The molecule has 0 aromatic rings. The number of cyclic esters (lactones) is 1. The first-order chi connectivity index (χ1) is 7.72. The standard InChI is InChI=1S/C11H17NO4/c13-9-12-10(6-14-9)7-15-11(16-8-10)4-2-1-3-5-11/h1-8H2,(H,12,13). The number of carbonyl (C=O) groups excluding carboxylic acids is 1. The lowest BCUT2D eigenvalue weighted by atomic mass is 9.92. The third-order valence-corrected chi connectivity index (χ3v) is 3.69. The number of carbonyl (C=O) groups is 1. The predicted molar refractivity (Wildman–Crippen MR) is 54.9 cm³/mol. The number of amides is 1. The lowest BCUT2D eigenvalue weighted by molar-refractivity contribution is -0.300. The topological polar surface area (TPSA) is 56.8 Å². The van der Waals surface area contributed by atoms with E-state index in [1.807, 2.05) is 0 Å². The highest BCUT2D eigenvalue weighted by atomic mass is 16.7. The number of hydrogen-bond acceptors (Lipinski definition) is 4. The van der Waals surface area contributed by atoms with E-state index in [2.05, 4.69) is 5.32 Å². The number of ether oxygens (including phenoxy) is 3. The lowest BCUT2D eigenvalue weighted by Crippen LogP contribution is -2.60. The molecule has 0 radical (unpaired) electrons. The summed E-state index contributed by atoms with van der Waals surface area (Å²) in [7, 11) is 0. The molecule has 3 fully saturated rings. The Morgan fingerprint density at radius 1 is 1.00 bits per heavy atom. The van der Waals surface area contributed by atoms with Gasteiger partial charge in [-0.15, -0.1) is 0 Å². The van der Waals surface area contributed by atoms with E-state index in [0.717, 1.165) is 25.7 Å². The molecule has 1 amide bonds. The van der Waals surface area contributed by atoms with Gasteiger partial charge < -0.3 is 19.5 Å². The number of nitrogens with one attached hydrogen (secondary N) is 1. The van der Waals surface area contributed by atoms with Crippen LogP contribution in [0.1, 0.15) is 32.1 Å². The smallest absolute Gasteiger partial charge is 0.407 e. The molecule has 16 heavy (non-hydrogen) atoms. The second-order valence-corrected chi connectivity index (χ2v) is 5.03. The molecule has 1 N–H and O–H groups in total. The Kier molecular flexibility index (Phi) is 2.33. The molecule has 2 saturated heterocycles. The minimum absolute atomic E-state index is 0.349. The summed E-state index contributed by atoms with van der Waals surface area (Å²) in [6.07, 6.45) is 5.16. The van der Waals surface area contributed by atoms with Crippen LogP contribution in [0.5, 0.6) is 0 Å². The molecule has 5 heteroatoms. The molecule has 1 saturated carbocycles. The molecule has 2 aliphatic heterocycles. The van der Waals surface area contributed by atoms with Gasteiger partial charge in [-0.1, -0.05) is 6.42 Å². The van der Waals surface area contributed by atoms with Crippen LogP contribution in [-0.4, -0.2) is 37.2 Å². The van der Waals surface area contributed by atoms with Gasteiger partial charge in [-0.25, -0.2) is 4.79 Å². The van der Waals surface area contributed by atoms with Crippen molar-refractivity contribution in [1.29, 1.82) is 0 Å². The van der Waals surface area contributed by atoms with Crippen LogP contribution in [0.2, 0.25) is 0 Å². The average Bonchev–Trinajstić information content (AvgIpc) is 2.67. The van der Waals surface area contributed by atoms with Gasteiger partial charge in [0.15, 0.2) is 5.79 Å². The van der Waals surface area contributed by atoms with Crippen LogP contribution in [-0.2, 0) is 14.2 Å². The van der Waals surface area contributed by atoms with Crippen molar-refractivity contribution in [3.8, 4) is 0 Å². The summed E-state index contributed by atoms with van der Waals surface area (Å²) in [6, 6.07) is 0. The summed E-state index contributed by atoms with van der Waals surface area (Å²) in [5, 5.41) is 2.78. The highest BCUT2D eigenvalue weighted by Gasteiger charge is 2.49. The maximum atomic E-state index is 11.0. The van der Waals surface area contributed by atoms with Gasteiger partial charge >= 0.3 is 6.09 Å². The van der Waals surface area contributed by atoms with Crippen LogP contribution in [0, 0.1) is 0 Å². The fraction of sp³-hybridized carbons (Fsp3) is 0.909. The van der Waals surface area contributed by atoms with Crippen LogP contribution in [0.3, 0.4) is 0 Å². The van der Waals surface area contributed by atoms with Gasteiger partial charge in [-0.3, -0.25) is 0 Å². The predicted octanol–water partition coefficient (Wildman–Crippen LogP) is 1.17. The van der Waals surface area contributed by atoms with Gasteiger partial charge in [0, 0.05) is 12.8 Å². The zero-order valence-corrected chi connectivity index (χ0v) is 9.29. The average molecular weight is 227 g/mol. The van der Waals surface area contributed by atoms with E-state index in [4.69, 9.17) is 14.2 Å². The summed E-state index contributed by atoms with van der Waals surface area (Å²) in [6.45, 7) is 1.35. The van der Waals surface area contributed by atoms with Crippen LogP contribution in [0.15, 0.2) is 0 Å². The molecular formula is C11H17NO4. The third kappa shape index (κ3) is 1.68. The van der Waals surface area contributed by atoms with E-state index in [9.17, 15) is 4.79 Å². The summed E-state index contributed by atoms with van der Waals surface area (Å²) in [4.78, 5) is 11.0. The van der Waals surface area contributed by atoms with Gasteiger partial charge in [-0.05, 0) is 12.8 Å². The van der Waals surface area contributed by atoms with Crippen molar-refractivity contribution in [2.24, 2.45) is 0 Å². The Morgan fingerprint density at radius 3 is 2.25 bits per heavy atom. The summed E-state index contributed by atoms with van der Waals surface area (Å²) >= 11 is 0. The highest BCUT2D eigenvalue weighted by molar-refractivity contribution is 5.70. The van der Waals surface area contributed by atoms with E-state index < -0.39 is 5.54 Å². The maximum absolute atomic E-state index is 11.0. The SMILES string of the molecule is O=C1NC2(CO1)COC1(CCCCC1)OC2. The van der Waals surface area contributed by atoms with Crippen molar-refractivity contribution in [3.05, 3.63) is 0 Å². The fourth-order valence-corrected chi connectivity index (χ4v) is 2.65. The summed E-state index contributed by atoms with van der Waals surface area (Å²) in [5.41, 5.74) is -0.445. The lowest BCUT2D eigenvalue weighted by Gasteiger charge is -2.45. The molecule has 0 aromatic heterocycles. The molecule has 0 atom stereocenters. The Labute approximate surface area is 94.4 Å². The molecule has 5 nitrogen and oxygen atoms in total. The van der Waals surface area contributed by atoms with Crippen LogP contribution < -0.4 is 5.32 Å². The Hall–Kier alpha value is -0.810. The minimum Gasteiger partial charge on any atom is -0.447 e. The summed E-state index contributed by atoms with van der Waals surface area (Å²) < 4.78 is 16.7. The molecule has 0 bridgehead atoms. The molecule has 0 aromatic carbocycles. The quantitative estimate of drug-likeness (QED) is 0.675. The molecule has 3 rings (SSSR count). The maximum Gasteiger partial charge on any atom is 0.407 e. The summed E-state index contributed by atoms with van der Waals surface area (Å²) in [5.74, 6) is -0.378. The van der Waals surface area contributed by atoms with Gasteiger partial charge in [0.05, 0.1) is 13.2 Å². The van der Waals surface area contributed by atoms with Crippen LogP contribution in [0.4, 0.5) is 4.79 Å². The van der Waals surface area contributed by atoms with Gasteiger partial charge in [0.25, 0.3) is 0 Å².